The average Bonchev–Trinajstić information content (AvgIpc) is 2.55. The van der Waals surface area contributed by atoms with Gasteiger partial charge in [0.05, 0.1) is 0 Å². The molecule has 0 radical (unpaired) electrons. The lowest BCUT2D eigenvalue weighted by Crippen LogP contribution is -2.81. The molecular weight excluding hydrogens is 286 g/mol. The summed E-state index contributed by atoms with van der Waals surface area (Å²) < 4.78 is 5.45. The summed E-state index contributed by atoms with van der Waals surface area (Å²) in [7, 11) is 0. The quantitative estimate of drug-likeness (QED) is 0.661. The third-order valence-corrected chi connectivity index (χ3v) is 3.92. The van der Waals surface area contributed by atoms with Crippen molar-refractivity contribution in [2.75, 3.05) is 12.5 Å². The van der Waals surface area contributed by atoms with Crippen LogP contribution in [0.5, 0.6) is 0 Å². The highest BCUT2D eigenvalue weighted by Crippen LogP contribution is 2.32. The standard InChI is InChI=1S/C11H20ClN5O3/c1-5-20-7-11(4)14-9(19)16(17(11)15-7)8(18)13-10(2,3)6-12/h7,15H,5-6H2,1-4H3,(H,13,18)(H,14,19). The molecule has 2 saturated heterocycles. The highest BCUT2D eigenvalue weighted by molar-refractivity contribution is 6.18. The van der Waals surface area contributed by atoms with Crippen LogP contribution in [0.3, 0.4) is 0 Å². The first kappa shape index (κ1) is 15.3. The number of urea groups is 2. The van der Waals surface area contributed by atoms with Crippen LogP contribution in [0.1, 0.15) is 27.7 Å². The molecule has 20 heavy (non-hydrogen) atoms. The van der Waals surface area contributed by atoms with E-state index in [9.17, 15) is 9.59 Å². The summed E-state index contributed by atoms with van der Waals surface area (Å²) in [6.45, 7) is 7.69. The van der Waals surface area contributed by atoms with Gasteiger partial charge in [0.2, 0.25) is 0 Å². The highest BCUT2D eigenvalue weighted by atomic mass is 35.5. The van der Waals surface area contributed by atoms with Gasteiger partial charge in [-0.25, -0.2) is 15.0 Å². The molecule has 114 valence electrons. The normalized spacial score (nSPS) is 29.8. The molecule has 2 fully saturated rings. The van der Waals surface area contributed by atoms with Gasteiger partial charge in [0.1, 0.15) is 0 Å². The number of hydrazine groups is 2. The molecule has 0 spiro atoms. The average molecular weight is 306 g/mol. The van der Waals surface area contributed by atoms with E-state index in [0.717, 1.165) is 5.01 Å². The van der Waals surface area contributed by atoms with Gasteiger partial charge in [0.25, 0.3) is 0 Å². The predicted molar refractivity (Wildman–Crippen MR) is 72.5 cm³/mol. The van der Waals surface area contributed by atoms with Gasteiger partial charge in [0.15, 0.2) is 11.9 Å². The van der Waals surface area contributed by atoms with Gasteiger partial charge in [-0.1, -0.05) is 0 Å². The summed E-state index contributed by atoms with van der Waals surface area (Å²) >= 11 is 5.77. The van der Waals surface area contributed by atoms with Crippen molar-refractivity contribution in [3.8, 4) is 0 Å². The minimum absolute atomic E-state index is 0.237. The summed E-state index contributed by atoms with van der Waals surface area (Å²) in [5.74, 6) is 0.237. The number of alkyl halides is 1. The minimum atomic E-state index is -0.768. The fraction of sp³-hybridized carbons (Fsp3) is 0.818. The van der Waals surface area contributed by atoms with Crippen molar-refractivity contribution in [3.63, 3.8) is 0 Å². The van der Waals surface area contributed by atoms with Gasteiger partial charge in [-0.05, 0) is 27.7 Å². The van der Waals surface area contributed by atoms with Gasteiger partial charge in [-0.15, -0.1) is 16.7 Å². The topological polar surface area (TPSA) is 85.9 Å². The third kappa shape index (κ3) is 2.32. The van der Waals surface area contributed by atoms with E-state index in [1.54, 1.807) is 20.8 Å². The maximum atomic E-state index is 12.2. The Labute approximate surface area is 122 Å². The molecule has 0 aromatic heterocycles. The lowest BCUT2D eigenvalue weighted by molar-refractivity contribution is -0.257. The molecular formula is C11H20ClN5O3. The number of hydrogen-bond acceptors (Lipinski definition) is 5. The van der Waals surface area contributed by atoms with E-state index in [0.29, 0.717) is 6.61 Å². The first-order valence-corrected chi connectivity index (χ1v) is 6.97. The van der Waals surface area contributed by atoms with Gasteiger partial charge in [-0.3, -0.25) is 0 Å². The summed E-state index contributed by atoms with van der Waals surface area (Å²) in [5.41, 5.74) is 1.53. The summed E-state index contributed by atoms with van der Waals surface area (Å²) in [4.78, 5) is 24.2. The van der Waals surface area contributed by atoms with Crippen molar-refractivity contribution in [1.29, 1.82) is 0 Å². The Bertz CT molecular complexity index is 432. The molecule has 8 nitrogen and oxygen atoms in total. The number of ether oxygens (including phenoxy) is 1. The molecule has 0 aliphatic carbocycles. The molecule has 0 aromatic rings. The Morgan fingerprint density at radius 2 is 2.25 bits per heavy atom. The number of imide groups is 1. The van der Waals surface area contributed by atoms with Crippen LogP contribution in [-0.2, 0) is 4.74 Å². The van der Waals surface area contributed by atoms with Crippen LogP contribution in [0.4, 0.5) is 9.59 Å². The SMILES string of the molecule is CCOC1NN2N(C(=O)NC(C)(C)CCl)C(=O)NC12C. The van der Waals surface area contributed by atoms with Crippen LogP contribution in [0.15, 0.2) is 0 Å². The minimum Gasteiger partial charge on any atom is -0.358 e. The molecule has 0 bridgehead atoms. The summed E-state index contributed by atoms with van der Waals surface area (Å²) in [6.07, 6.45) is -0.365. The van der Waals surface area contributed by atoms with E-state index in [2.05, 4.69) is 16.1 Å². The van der Waals surface area contributed by atoms with Gasteiger partial charge in [-0.2, -0.15) is 5.01 Å². The van der Waals surface area contributed by atoms with Crippen molar-refractivity contribution in [2.45, 2.75) is 45.1 Å². The summed E-state index contributed by atoms with van der Waals surface area (Å²) in [5, 5.41) is 7.83. The monoisotopic (exact) mass is 305 g/mol. The van der Waals surface area contributed by atoms with Crippen molar-refractivity contribution >= 4 is 23.7 Å². The Kier molecular flexibility index (Phi) is 3.85. The van der Waals surface area contributed by atoms with Crippen LogP contribution in [-0.4, -0.2) is 52.1 Å². The first-order chi connectivity index (χ1) is 9.25. The number of nitrogens with one attached hydrogen (secondary N) is 3. The fourth-order valence-corrected chi connectivity index (χ4v) is 2.15. The van der Waals surface area contributed by atoms with E-state index in [4.69, 9.17) is 16.3 Å². The molecule has 4 amide bonds. The van der Waals surface area contributed by atoms with E-state index in [-0.39, 0.29) is 12.1 Å². The van der Waals surface area contributed by atoms with Crippen molar-refractivity contribution in [3.05, 3.63) is 0 Å². The molecule has 0 saturated carbocycles. The second-order valence-electron chi connectivity index (χ2n) is 5.61. The number of nitrogens with zero attached hydrogens (tertiary/aromatic N) is 2. The maximum absolute atomic E-state index is 12.2. The van der Waals surface area contributed by atoms with Crippen molar-refractivity contribution < 1.29 is 14.3 Å². The summed E-state index contributed by atoms with van der Waals surface area (Å²) in [6, 6.07) is -1.05. The Hall–Kier alpha value is -1.09. The van der Waals surface area contributed by atoms with E-state index in [1.165, 1.54) is 5.12 Å². The van der Waals surface area contributed by atoms with Crippen LogP contribution < -0.4 is 16.1 Å². The van der Waals surface area contributed by atoms with E-state index in [1.807, 2.05) is 6.92 Å². The zero-order valence-electron chi connectivity index (χ0n) is 12.0. The van der Waals surface area contributed by atoms with Gasteiger partial charge >= 0.3 is 12.1 Å². The van der Waals surface area contributed by atoms with E-state index >= 15 is 0 Å². The fourth-order valence-electron chi connectivity index (χ4n) is 2.09. The number of fused-ring (bicyclic) bond motifs is 1. The molecule has 2 aliphatic heterocycles. The van der Waals surface area contributed by atoms with Crippen LogP contribution in [0.25, 0.3) is 0 Å². The first-order valence-electron chi connectivity index (χ1n) is 6.43. The molecule has 2 aliphatic rings. The molecule has 0 aromatic carbocycles. The third-order valence-electron chi connectivity index (χ3n) is 3.25. The second kappa shape index (κ2) is 5.03. The number of halogens is 1. The zero-order chi connectivity index (χ0) is 15.1. The second-order valence-corrected chi connectivity index (χ2v) is 5.88. The van der Waals surface area contributed by atoms with Crippen LogP contribution in [0.2, 0.25) is 0 Å². The Morgan fingerprint density at radius 1 is 1.60 bits per heavy atom. The number of carbonyl (C=O) groups excluding carboxylic acids is 2. The van der Waals surface area contributed by atoms with Crippen LogP contribution >= 0.6 is 11.6 Å². The maximum Gasteiger partial charge on any atom is 0.343 e. The molecule has 3 N–H and O–H groups in total. The number of amides is 4. The van der Waals surface area contributed by atoms with Crippen molar-refractivity contribution in [2.24, 2.45) is 0 Å². The molecule has 2 rings (SSSR count). The smallest absolute Gasteiger partial charge is 0.343 e. The Morgan fingerprint density at radius 3 is 2.80 bits per heavy atom. The number of carbonyl (C=O) groups is 2. The largest absolute Gasteiger partial charge is 0.358 e. The van der Waals surface area contributed by atoms with Gasteiger partial charge in [0, 0.05) is 18.0 Å². The number of hydrogen-bond donors (Lipinski definition) is 3. The molecule has 2 atom stereocenters. The van der Waals surface area contributed by atoms with Crippen LogP contribution in [0, 0.1) is 0 Å². The molecule has 2 heterocycles. The zero-order valence-corrected chi connectivity index (χ0v) is 12.7. The molecule has 9 heteroatoms. The highest BCUT2D eigenvalue weighted by Gasteiger charge is 2.63. The van der Waals surface area contributed by atoms with Gasteiger partial charge < -0.3 is 15.4 Å². The predicted octanol–water partition coefficient (Wildman–Crippen LogP) is 0.553. The Balaban J connectivity index is 2.08. The van der Waals surface area contributed by atoms with Crippen molar-refractivity contribution in [1.82, 2.24) is 26.2 Å². The lowest BCUT2D eigenvalue weighted by atomic mass is 10.1. The van der Waals surface area contributed by atoms with E-state index < -0.39 is 23.3 Å². The molecule has 2 unspecified atom stereocenters. The number of rotatable bonds is 4. The lowest BCUT2D eigenvalue weighted by Gasteiger charge is -2.51.